The highest BCUT2D eigenvalue weighted by molar-refractivity contribution is 9.10. The SMILES string of the molecule is COc1c(C)cc2c(c1Br)/C(=C\CN)CC2. The van der Waals surface area contributed by atoms with Crippen LogP contribution in [0, 0.1) is 6.92 Å². The summed E-state index contributed by atoms with van der Waals surface area (Å²) in [6.45, 7) is 2.67. The highest BCUT2D eigenvalue weighted by atomic mass is 79.9. The third-order valence-electron chi connectivity index (χ3n) is 3.04. The fourth-order valence-electron chi connectivity index (χ4n) is 2.36. The minimum absolute atomic E-state index is 0.595. The van der Waals surface area contributed by atoms with Gasteiger partial charge in [-0.05, 0) is 58.0 Å². The van der Waals surface area contributed by atoms with Crippen molar-refractivity contribution in [1.29, 1.82) is 0 Å². The molecule has 0 radical (unpaired) electrons. The van der Waals surface area contributed by atoms with Gasteiger partial charge in [0.1, 0.15) is 5.75 Å². The zero-order chi connectivity index (χ0) is 11.7. The lowest BCUT2D eigenvalue weighted by Crippen LogP contribution is -1.96. The molecule has 0 aliphatic heterocycles. The molecule has 0 heterocycles. The van der Waals surface area contributed by atoms with Gasteiger partial charge < -0.3 is 10.5 Å². The summed E-state index contributed by atoms with van der Waals surface area (Å²) >= 11 is 3.65. The number of ether oxygens (including phenoxy) is 1. The Morgan fingerprint density at radius 2 is 2.25 bits per heavy atom. The zero-order valence-electron chi connectivity index (χ0n) is 9.64. The maximum Gasteiger partial charge on any atom is 0.136 e. The van der Waals surface area contributed by atoms with Crippen molar-refractivity contribution in [2.24, 2.45) is 5.73 Å². The number of fused-ring (bicyclic) bond motifs is 1. The maximum absolute atomic E-state index is 5.59. The van der Waals surface area contributed by atoms with Crippen molar-refractivity contribution in [3.8, 4) is 5.75 Å². The molecule has 0 amide bonds. The Kier molecular flexibility index (Phi) is 3.36. The van der Waals surface area contributed by atoms with E-state index < -0.39 is 0 Å². The zero-order valence-corrected chi connectivity index (χ0v) is 11.2. The fourth-order valence-corrected chi connectivity index (χ4v) is 3.35. The Bertz CT molecular complexity index is 452. The molecular weight excluding hydrogens is 266 g/mol. The smallest absolute Gasteiger partial charge is 0.136 e. The van der Waals surface area contributed by atoms with Crippen molar-refractivity contribution < 1.29 is 4.74 Å². The van der Waals surface area contributed by atoms with Crippen molar-refractivity contribution in [2.75, 3.05) is 13.7 Å². The quantitative estimate of drug-likeness (QED) is 0.904. The summed E-state index contributed by atoms with van der Waals surface area (Å²) in [6, 6.07) is 2.22. The molecule has 0 unspecified atom stereocenters. The lowest BCUT2D eigenvalue weighted by atomic mass is 10.0. The Hall–Kier alpha value is -0.800. The van der Waals surface area contributed by atoms with Crippen LogP contribution in [0.4, 0.5) is 0 Å². The summed E-state index contributed by atoms with van der Waals surface area (Å²) in [5.41, 5.74) is 10.8. The lowest BCUT2D eigenvalue weighted by molar-refractivity contribution is 0.409. The van der Waals surface area contributed by atoms with E-state index in [1.807, 2.05) is 0 Å². The summed E-state index contributed by atoms with van der Waals surface area (Å²) in [4.78, 5) is 0. The number of benzene rings is 1. The average molecular weight is 282 g/mol. The van der Waals surface area contributed by atoms with Crippen LogP contribution in [0.2, 0.25) is 0 Å². The fraction of sp³-hybridized carbons (Fsp3) is 0.385. The second-order valence-electron chi connectivity index (χ2n) is 4.04. The molecule has 1 aliphatic rings. The normalized spacial score (nSPS) is 16.6. The van der Waals surface area contributed by atoms with E-state index in [0.717, 1.165) is 23.1 Å². The molecule has 16 heavy (non-hydrogen) atoms. The van der Waals surface area contributed by atoms with E-state index in [1.165, 1.54) is 22.3 Å². The van der Waals surface area contributed by atoms with E-state index in [2.05, 4.69) is 35.0 Å². The third kappa shape index (κ3) is 1.78. The van der Waals surface area contributed by atoms with Crippen molar-refractivity contribution >= 4 is 21.5 Å². The summed E-state index contributed by atoms with van der Waals surface area (Å²) in [5, 5.41) is 0. The van der Waals surface area contributed by atoms with Gasteiger partial charge in [0, 0.05) is 6.54 Å². The van der Waals surface area contributed by atoms with E-state index in [0.29, 0.717) is 6.54 Å². The number of hydrogen-bond acceptors (Lipinski definition) is 2. The van der Waals surface area contributed by atoms with Crippen LogP contribution < -0.4 is 10.5 Å². The van der Waals surface area contributed by atoms with Gasteiger partial charge >= 0.3 is 0 Å². The molecule has 0 aromatic heterocycles. The Labute approximate surface area is 105 Å². The lowest BCUT2D eigenvalue weighted by Gasteiger charge is -2.12. The topological polar surface area (TPSA) is 35.2 Å². The average Bonchev–Trinajstić information content (AvgIpc) is 2.62. The van der Waals surface area contributed by atoms with Gasteiger partial charge in [0.05, 0.1) is 11.6 Å². The minimum Gasteiger partial charge on any atom is -0.495 e. The van der Waals surface area contributed by atoms with E-state index in [1.54, 1.807) is 7.11 Å². The summed E-state index contributed by atoms with van der Waals surface area (Å²) < 4.78 is 6.49. The summed E-state index contributed by atoms with van der Waals surface area (Å²) in [7, 11) is 1.71. The second kappa shape index (κ2) is 4.60. The molecule has 0 bridgehead atoms. The Morgan fingerprint density at radius 1 is 1.50 bits per heavy atom. The predicted molar refractivity (Wildman–Crippen MR) is 70.8 cm³/mol. The largest absolute Gasteiger partial charge is 0.495 e. The molecule has 0 spiro atoms. The number of methoxy groups -OCH3 is 1. The van der Waals surface area contributed by atoms with Crippen LogP contribution in [-0.2, 0) is 6.42 Å². The molecule has 2 nitrogen and oxygen atoms in total. The predicted octanol–water partition coefficient (Wildman–Crippen LogP) is 3.05. The highest BCUT2D eigenvalue weighted by Crippen LogP contribution is 2.43. The molecule has 1 aliphatic carbocycles. The molecule has 0 atom stereocenters. The highest BCUT2D eigenvalue weighted by Gasteiger charge is 2.22. The van der Waals surface area contributed by atoms with E-state index >= 15 is 0 Å². The van der Waals surface area contributed by atoms with E-state index in [9.17, 15) is 0 Å². The maximum atomic E-state index is 5.59. The van der Waals surface area contributed by atoms with Gasteiger partial charge in [-0.1, -0.05) is 12.1 Å². The first-order chi connectivity index (χ1) is 7.69. The number of nitrogens with two attached hydrogens (primary N) is 1. The molecule has 1 aromatic rings. The van der Waals surface area contributed by atoms with Crippen LogP contribution in [0.15, 0.2) is 16.6 Å². The molecule has 0 fully saturated rings. The van der Waals surface area contributed by atoms with Crippen molar-refractivity contribution in [3.63, 3.8) is 0 Å². The number of rotatable bonds is 2. The molecule has 0 saturated carbocycles. The van der Waals surface area contributed by atoms with Crippen LogP contribution in [-0.4, -0.2) is 13.7 Å². The number of allylic oxidation sites excluding steroid dienone is 1. The second-order valence-corrected chi connectivity index (χ2v) is 4.83. The van der Waals surface area contributed by atoms with Crippen LogP contribution in [0.3, 0.4) is 0 Å². The van der Waals surface area contributed by atoms with Crippen LogP contribution in [0.25, 0.3) is 5.57 Å². The standard InChI is InChI=1S/C13H16BrNO/c1-8-7-10-4-3-9(5-6-15)11(10)12(14)13(8)16-2/h5,7H,3-4,6,15H2,1-2H3/b9-5-. The van der Waals surface area contributed by atoms with Gasteiger partial charge in [-0.2, -0.15) is 0 Å². The number of halogens is 1. The van der Waals surface area contributed by atoms with Crippen molar-refractivity contribution in [2.45, 2.75) is 19.8 Å². The molecule has 2 rings (SSSR count). The Morgan fingerprint density at radius 3 is 2.88 bits per heavy atom. The van der Waals surface area contributed by atoms with Gasteiger partial charge in [0.15, 0.2) is 0 Å². The first kappa shape index (κ1) is 11.7. The summed E-state index contributed by atoms with van der Waals surface area (Å²) in [6.07, 6.45) is 4.29. The Balaban J connectivity index is 2.62. The third-order valence-corrected chi connectivity index (χ3v) is 3.80. The first-order valence-corrected chi connectivity index (χ1v) is 6.23. The van der Waals surface area contributed by atoms with Crippen LogP contribution in [0.5, 0.6) is 5.75 Å². The van der Waals surface area contributed by atoms with Gasteiger partial charge in [0.2, 0.25) is 0 Å². The van der Waals surface area contributed by atoms with E-state index in [-0.39, 0.29) is 0 Å². The molecule has 86 valence electrons. The monoisotopic (exact) mass is 281 g/mol. The minimum atomic E-state index is 0.595. The van der Waals surface area contributed by atoms with Gasteiger partial charge in [-0.15, -0.1) is 0 Å². The molecule has 0 saturated heterocycles. The van der Waals surface area contributed by atoms with Gasteiger partial charge in [-0.3, -0.25) is 0 Å². The number of hydrogen-bond donors (Lipinski definition) is 1. The molecule has 2 N–H and O–H groups in total. The van der Waals surface area contributed by atoms with Gasteiger partial charge in [-0.25, -0.2) is 0 Å². The first-order valence-electron chi connectivity index (χ1n) is 5.44. The molecule has 3 heteroatoms. The van der Waals surface area contributed by atoms with Crippen molar-refractivity contribution in [1.82, 2.24) is 0 Å². The van der Waals surface area contributed by atoms with Crippen LogP contribution >= 0.6 is 15.9 Å². The summed E-state index contributed by atoms with van der Waals surface area (Å²) in [5.74, 6) is 0.934. The molecular formula is C13H16BrNO. The molecule has 1 aromatic carbocycles. The van der Waals surface area contributed by atoms with E-state index in [4.69, 9.17) is 10.5 Å². The number of aryl methyl sites for hydroxylation is 2. The van der Waals surface area contributed by atoms with Crippen LogP contribution in [0.1, 0.15) is 23.1 Å². The van der Waals surface area contributed by atoms with Gasteiger partial charge in [0.25, 0.3) is 0 Å². The van der Waals surface area contributed by atoms with Crippen molar-refractivity contribution in [3.05, 3.63) is 33.3 Å².